The van der Waals surface area contributed by atoms with E-state index in [-0.39, 0.29) is 12.4 Å². The number of alkyl halides is 3. The first kappa shape index (κ1) is 22.2. The molecule has 0 unspecified atom stereocenters. The van der Waals surface area contributed by atoms with E-state index >= 15 is 0 Å². The molecule has 4 rings (SSSR count). The van der Waals surface area contributed by atoms with E-state index in [9.17, 15) is 18.0 Å². The number of aromatic nitrogens is 5. The molecule has 33 heavy (non-hydrogen) atoms. The van der Waals surface area contributed by atoms with Crippen LogP contribution in [-0.4, -0.2) is 63.7 Å². The Morgan fingerprint density at radius 3 is 2.76 bits per heavy atom. The van der Waals surface area contributed by atoms with Crippen molar-refractivity contribution in [2.24, 2.45) is 0 Å². The van der Waals surface area contributed by atoms with Gasteiger partial charge in [-0.25, -0.2) is 9.50 Å². The van der Waals surface area contributed by atoms with E-state index in [1.807, 2.05) is 0 Å². The predicted octanol–water partition coefficient (Wildman–Crippen LogP) is 2.76. The molecule has 4 aromatic rings. The number of carbonyl (C=O) groups excluding carboxylic acids is 1. The molecule has 0 spiro atoms. The third-order valence-corrected chi connectivity index (χ3v) is 4.32. The number of fused-ring (bicyclic) bond motifs is 1. The maximum Gasteiger partial charge on any atom is 0.405 e. The highest BCUT2D eigenvalue weighted by molar-refractivity contribution is 5.90. The lowest BCUT2D eigenvalue weighted by molar-refractivity contribution is -0.123. The second-order valence-corrected chi connectivity index (χ2v) is 6.76. The number of halogens is 3. The molecule has 0 aliphatic rings. The van der Waals surface area contributed by atoms with E-state index in [4.69, 9.17) is 14.0 Å². The Bertz CT molecular complexity index is 1240. The Kier molecular flexibility index (Phi) is 6.22. The average Bonchev–Trinajstić information content (AvgIpc) is 3.44. The summed E-state index contributed by atoms with van der Waals surface area (Å²) in [7, 11) is 1.54. The topological polar surface area (TPSA) is 117 Å². The molecular formula is C20H17F3N6O4. The standard InChI is InChI=1S/C20H17F3N6O4/c1-31-5-6-32-14-8-12(15-10-29-16(26-15)3-2-4-25-29)7-13(9-14)17-27-19(33-28-17)18(30)24-11-20(21,22)23/h2-4,7-10H,5-6,11H2,1H3,(H,24,30). The first-order valence-corrected chi connectivity index (χ1v) is 9.59. The number of rotatable bonds is 8. The van der Waals surface area contributed by atoms with Crippen molar-refractivity contribution < 1.29 is 32.0 Å². The lowest BCUT2D eigenvalue weighted by Crippen LogP contribution is -2.33. The first-order chi connectivity index (χ1) is 15.8. The molecule has 1 aromatic carbocycles. The molecule has 3 heterocycles. The van der Waals surface area contributed by atoms with Crippen molar-refractivity contribution in [3.8, 4) is 28.4 Å². The van der Waals surface area contributed by atoms with Crippen molar-refractivity contribution in [1.29, 1.82) is 0 Å². The quantitative estimate of drug-likeness (QED) is 0.398. The molecular weight excluding hydrogens is 445 g/mol. The van der Waals surface area contributed by atoms with Crippen LogP contribution in [-0.2, 0) is 4.74 Å². The lowest BCUT2D eigenvalue weighted by atomic mass is 10.1. The van der Waals surface area contributed by atoms with E-state index in [0.717, 1.165) is 0 Å². The van der Waals surface area contributed by atoms with Gasteiger partial charge in [-0.3, -0.25) is 4.79 Å². The summed E-state index contributed by atoms with van der Waals surface area (Å²) in [5, 5.41) is 9.59. The van der Waals surface area contributed by atoms with Gasteiger partial charge in [0.2, 0.25) is 5.82 Å². The normalized spacial score (nSPS) is 11.6. The Hall–Kier alpha value is -4.00. The van der Waals surface area contributed by atoms with Crippen molar-refractivity contribution in [3.05, 3.63) is 48.6 Å². The van der Waals surface area contributed by atoms with Gasteiger partial charge in [0.25, 0.3) is 0 Å². The summed E-state index contributed by atoms with van der Waals surface area (Å²) < 4.78 is 54.2. The second kappa shape index (κ2) is 9.24. The van der Waals surface area contributed by atoms with Crippen LogP contribution in [0.25, 0.3) is 28.3 Å². The molecule has 1 N–H and O–H groups in total. The van der Waals surface area contributed by atoms with Gasteiger partial charge in [0.15, 0.2) is 5.65 Å². The van der Waals surface area contributed by atoms with Crippen LogP contribution < -0.4 is 10.1 Å². The van der Waals surface area contributed by atoms with Crippen molar-refractivity contribution >= 4 is 11.6 Å². The van der Waals surface area contributed by atoms with Crippen molar-refractivity contribution in [2.75, 3.05) is 26.9 Å². The van der Waals surface area contributed by atoms with Crippen molar-refractivity contribution in [3.63, 3.8) is 0 Å². The van der Waals surface area contributed by atoms with E-state index in [2.05, 4.69) is 20.2 Å². The maximum absolute atomic E-state index is 12.3. The molecule has 1 amide bonds. The fourth-order valence-corrected chi connectivity index (χ4v) is 2.86. The number of nitrogens with zero attached hydrogens (tertiary/aromatic N) is 5. The number of imidazole rings is 1. The number of hydrogen-bond donors (Lipinski definition) is 1. The Morgan fingerprint density at radius 2 is 2.00 bits per heavy atom. The summed E-state index contributed by atoms with van der Waals surface area (Å²) in [6, 6.07) is 8.59. The van der Waals surface area contributed by atoms with Gasteiger partial charge in [-0.1, -0.05) is 5.16 Å². The number of carbonyl (C=O) groups is 1. The molecule has 3 aromatic heterocycles. The number of methoxy groups -OCH3 is 1. The highest BCUT2D eigenvalue weighted by atomic mass is 19.4. The third-order valence-electron chi connectivity index (χ3n) is 4.32. The zero-order valence-electron chi connectivity index (χ0n) is 17.2. The molecule has 0 aliphatic heterocycles. The van der Waals surface area contributed by atoms with Gasteiger partial charge in [0.1, 0.15) is 18.9 Å². The largest absolute Gasteiger partial charge is 0.491 e. The number of ether oxygens (including phenoxy) is 2. The molecule has 10 nitrogen and oxygen atoms in total. The van der Waals surface area contributed by atoms with E-state index in [1.54, 1.807) is 59.7 Å². The molecule has 0 fully saturated rings. The zero-order chi connectivity index (χ0) is 23.4. The maximum atomic E-state index is 12.3. The van der Waals surface area contributed by atoms with Crippen LogP contribution in [0.5, 0.6) is 5.75 Å². The Balaban J connectivity index is 1.66. The Labute approximate surface area is 184 Å². The summed E-state index contributed by atoms with van der Waals surface area (Å²) in [5.41, 5.74) is 2.25. The van der Waals surface area contributed by atoms with Gasteiger partial charge in [0.05, 0.1) is 18.5 Å². The SMILES string of the molecule is COCCOc1cc(-c2cn3ncccc3n2)cc(-c2noc(C(=O)NCC(F)(F)F)n2)c1. The van der Waals surface area contributed by atoms with Crippen molar-refractivity contribution in [1.82, 2.24) is 30.1 Å². The molecule has 0 radical (unpaired) electrons. The van der Waals surface area contributed by atoms with E-state index in [1.165, 1.54) is 0 Å². The summed E-state index contributed by atoms with van der Waals surface area (Å²) in [4.78, 5) is 20.3. The van der Waals surface area contributed by atoms with Crippen LogP contribution in [0.4, 0.5) is 13.2 Å². The van der Waals surface area contributed by atoms with Gasteiger partial charge in [0, 0.05) is 24.4 Å². The smallest absolute Gasteiger partial charge is 0.405 e. The van der Waals surface area contributed by atoms with Crippen molar-refractivity contribution in [2.45, 2.75) is 6.18 Å². The molecule has 0 atom stereocenters. The fourth-order valence-electron chi connectivity index (χ4n) is 2.86. The number of nitrogens with one attached hydrogen (secondary N) is 1. The summed E-state index contributed by atoms with van der Waals surface area (Å²) >= 11 is 0. The lowest BCUT2D eigenvalue weighted by Gasteiger charge is -2.09. The van der Waals surface area contributed by atoms with Gasteiger partial charge in [-0.2, -0.15) is 23.3 Å². The predicted molar refractivity (Wildman–Crippen MR) is 107 cm³/mol. The molecule has 172 valence electrons. The minimum absolute atomic E-state index is 0.00695. The molecule has 0 saturated carbocycles. The van der Waals surface area contributed by atoms with Gasteiger partial charge >= 0.3 is 18.0 Å². The molecule has 0 saturated heterocycles. The van der Waals surface area contributed by atoms with E-state index in [0.29, 0.717) is 34.8 Å². The average molecular weight is 462 g/mol. The van der Waals surface area contributed by atoms with E-state index < -0.39 is 24.5 Å². The fraction of sp³-hybridized carbons (Fsp3) is 0.250. The number of amides is 1. The zero-order valence-corrected chi connectivity index (χ0v) is 17.2. The summed E-state index contributed by atoms with van der Waals surface area (Å²) in [6.45, 7) is -0.897. The van der Waals surface area contributed by atoms with Crippen LogP contribution in [0.15, 0.2) is 47.2 Å². The molecule has 13 heteroatoms. The van der Waals surface area contributed by atoms with Gasteiger partial charge in [-0.05, 0) is 30.3 Å². The molecule has 0 aliphatic carbocycles. The monoisotopic (exact) mass is 462 g/mol. The van der Waals surface area contributed by atoms with Gasteiger partial charge in [-0.15, -0.1) is 0 Å². The third kappa shape index (κ3) is 5.44. The van der Waals surface area contributed by atoms with Crippen LogP contribution in [0.1, 0.15) is 10.7 Å². The number of hydrogen-bond acceptors (Lipinski definition) is 8. The van der Waals surface area contributed by atoms with Crippen LogP contribution in [0, 0.1) is 0 Å². The first-order valence-electron chi connectivity index (χ1n) is 9.59. The second-order valence-electron chi connectivity index (χ2n) is 6.76. The van der Waals surface area contributed by atoms with Crippen LogP contribution >= 0.6 is 0 Å². The highest BCUT2D eigenvalue weighted by Gasteiger charge is 2.29. The number of benzene rings is 1. The minimum Gasteiger partial charge on any atom is -0.491 e. The van der Waals surface area contributed by atoms with Gasteiger partial charge < -0.3 is 19.3 Å². The molecule has 0 bridgehead atoms. The Morgan fingerprint density at radius 1 is 1.18 bits per heavy atom. The minimum atomic E-state index is -4.57. The summed E-state index contributed by atoms with van der Waals surface area (Å²) in [5.74, 6) is -1.30. The van der Waals surface area contributed by atoms with Crippen LogP contribution in [0.3, 0.4) is 0 Å². The summed E-state index contributed by atoms with van der Waals surface area (Å²) in [6.07, 6.45) is -1.22. The highest BCUT2D eigenvalue weighted by Crippen LogP contribution is 2.30. The van der Waals surface area contributed by atoms with Crippen LogP contribution in [0.2, 0.25) is 0 Å².